The monoisotopic (exact) mass is 404 g/mol. The van der Waals surface area contributed by atoms with Crippen LogP contribution in [0.3, 0.4) is 0 Å². The minimum atomic E-state index is -3.15. The van der Waals surface area contributed by atoms with Gasteiger partial charge >= 0.3 is 0 Å². The maximum absolute atomic E-state index is 12.7. The van der Waals surface area contributed by atoms with Gasteiger partial charge in [-0.1, -0.05) is 12.1 Å². The summed E-state index contributed by atoms with van der Waals surface area (Å²) in [4.78, 5) is 17.0. The molecule has 0 aliphatic carbocycles. The van der Waals surface area contributed by atoms with Crippen LogP contribution in [0, 0.1) is 0 Å². The number of hydrogen-bond acceptors (Lipinski definition) is 7. The number of nitrogen functional groups attached to an aromatic ring is 1. The summed E-state index contributed by atoms with van der Waals surface area (Å²) in [5, 5.41) is 3.27. The van der Waals surface area contributed by atoms with Crippen molar-refractivity contribution in [3.8, 4) is 5.75 Å². The number of piperidine rings is 1. The van der Waals surface area contributed by atoms with Gasteiger partial charge in [0.1, 0.15) is 17.4 Å². The number of ether oxygens (including phenoxy) is 1. The Morgan fingerprint density at radius 2 is 1.96 bits per heavy atom. The number of pyridine rings is 1. The number of carbonyl (C=O) groups is 1. The van der Waals surface area contributed by atoms with Crippen LogP contribution >= 0.6 is 0 Å². The SMILES string of the molecule is COc1cccc(C(=O)c2ccc(NC3CCN(S(C)(=O)=O)CC3)nc2N)c1. The van der Waals surface area contributed by atoms with E-state index in [0.717, 1.165) is 0 Å². The third-order valence-electron chi connectivity index (χ3n) is 4.78. The molecule has 8 nitrogen and oxygen atoms in total. The largest absolute Gasteiger partial charge is 0.497 e. The van der Waals surface area contributed by atoms with E-state index in [1.165, 1.54) is 10.6 Å². The number of benzene rings is 1. The van der Waals surface area contributed by atoms with Gasteiger partial charge in [-0.15, -0.1) is 0 Å². The Bertz CT molecular complexity index is 970. The number of nitrogens with two attached hydrogens (primary N) is 1. The summed E-state index contributed by atoms with van der Waals surface area (Å²) in [5.41, 5.74) is 6.82. The van der Waals surface area contributed by atoms with Gasteiger partial charge in [0.05, 0.1) is 18.9 Å². The lowest BCUT2D eigenvalue weighted by atomic mass is 10.0. The maximum atomic E-state index is 12.7. The summed E-state index contributed by atoms with van der Waals surface area (Å²) in [6, 6.07) is 10.3. The molecule has 0 radical (unpaired) electrons. The molecule has 1 saturated heterocycles. The molecule has 1 aromatic heterocycles. The molecule has 0 amide bonds. The molecule has 1 aliphatic rings. The number of hydrogen-bond donors (Lipinski definition) is 2. The van der Waals surface area contributed by atoms with E-state index >= 15 is 0 Å². The summed E-state index contributed by atoms with van der Waals surface area (Å²) >= 11 is 0. The first-order chi connectivity index (χ1) is 13.3. The van der Waals surface area contributed by atoms with Crippen LogP contribution in [0.1, 0.15) is 28.8 Å². The smallest absolute Gasteiger partial charge is 0.211 e. The topological polar surface area (TPSA) is 115 Å². The Kier molecular flexibility index (Phi) is 5.85. The van der Waals surface area contributed by atoms with Gasteiger partial charge in [0.2, 0.25) is 10.0 Å². The molecule has 3 rings (SSSR count). The van der Waals surface area contributed by atoms with E-state index in [1.54, 1.807) is 43.5 Å². The molecule has 0 spiro atoms. The van der Waals surface area contributed by atoms with Crippen molar-refractivity contribution in [1.29, 1.82) is 0 Å². The molecule has 1 aromatic carbocycles. The first-order valence-electron chi connectivity index (χ1n) is 8.95. The Labute approximate surface area is 164 Å². The minimum Gasteiger partial charge on any atom is -0.497 e. The first kappa shape index (κ1) is 20.1. The van der Waals surface area contributed by atoms with Crippen LogP contribution in [-0.4, -0.2) is 56.0 Å². The van der Waals surface area contributed by atoms with E-state index in [1.807, 2.05) is 0 Å². The Balaban J connectivity index is 1.68. The lowest BCUT2D eigenvalue weighted by Gasteiger charge is -2.31. The van der Waals surface area contributed by atoms with E-state index in [4.69, 9.17) is 10.5 Å². The third-order valence-corrected chi connectivity index (χ3v) is 6.08. The number of ketones is 1. The van der Waals surface area contributed by atoms with Gasteiger partial charge in [-0.2, -0.15) is 0 Å². The van der Waals surface area contributed by atoms with Crippen LogP contribution in [0.5, 0.6) is 5.75 Å². The van der Waals surface area contributed by atoms with Crippen molar-refractivity contribution in [2.45, 2.75) is 18.9 Å². The number of nitrogens with zero attached hydrogens (tertiary/aromatic N) is 2. The van der Waals surface area contributed by atoms with Crippen LogP contribution in [0.2, 0.25) is 0 Å². The number of aromatic nitrogens is 1. The van der Waals surface area contributed by atoms with E-state index in [2.05, 4.69) is 10.3 Å². The average Bonchev–Trinajstić information content (AvgIpc) is 2.67. The zero-order valence-electron chi connectivity index (χ0n) is 15.9. The molecule has 3 N–H and O–H groups in total. The van der Waals surface area contributed by atoms with Crippen molar-refractivity contribution in [3.63, 3.8) is 0 Å². The zero-order chi connectivity index (χ0) is 20.3. The molecule has 0 bridgehead atoms. The number of anilines is 2. The molecule has 1 fully saturated rings. The number of rotatable bonds is 6. The molecule has 28 heavy (non-hydrogen) atoms. The average molecular weight is 404 g/mol. The van der Waals surface area contributed by atoms with Crippen molar-refractivity contribution in [1.82, 2.24) is 9.29 Å². The summed E-state index contributed by atoms with van der Waals surface area (Å²) in [6.45, 7) is 0.941. The fourth-order valence-electron chi connectivity index (χ4n) is 3.21. The third kappa shape index (κ3) is 4.60. The number of sulfonamides is 1. The number of methoxy groups -OCH3 is 1. The summed E-state index contributed by atoms with van der Waals surface area (Å²) in [6.07, 6.45) is 2.58. The zero-order valence-corrected chi connectivity index (χ0v) is 16.7. The molecular weight excluding hydrogens is 380 g/mol. The molecule has 0 saturated carbocycles. The summed E-state index contributed by atoms with van der Waals surface area (Å²) < 4.78 is 29.8. The lowest BCUT2D eigenvalue weighted by molar-refractivity contribution is 0.103. The highest BCUT2D eigenvalue weighted by atomic mass is 32.2. The summed E-state index contributed by atoms with van der Waals surface area (Å²) in [5.74, 6) is 1.08. The van der Waals surface area contributed by atoms with Crippen molar-refractivity contribution in [2.75, 3.05) is 37.5 Å². The second kappa shape index (κ2) is 8.15. The van der Waals surface area contributed by atoms with Gasteiger partial charge in [-0.25, -0.2) is 17.7 Å². The van der Waals surface area contributed by atoms with Gasteiger partial charge in [0, 0.05) is 24.7 Å². The molecule has 2 aromatic rings. The predicted molar refractivity (Wildman–Crippen MR) is 108 cm³/mol. The maximum Gasteiger partial charge on any atom is 0.211 e. The van der Waals surface area contributed by atoms with Crippen molar-refractivity contribution in [3.05, 3.63) is 47.5 Å². The van der Waals surface area contributed by atoms with Crippen molar-refractivity contribution < 1.29 is 17.9 Å². The Morgan fingerprint density at radius 1 is 1.25 bits per heavy atom. The van der Waals surface area contributed by atoms with Crippen LogP contribution in [0.4, 0.5) is 11.6 Å². The van der Waals surface area contributed by atoms with Crippen molar-refractivity contribution >= 4 is 27.4 Å². The fraction of sp³-hybridized carbons (Fsp3) is 0.368. The highest BCUT2D eigenvalue weighted by Crippen LogP contribution is 2.22. The molecule has 9 heteroatoms. The molecule has 0 unspecified atom stereocenters. The predicted octanol–water partition coefficient (Wildman–Crippen LogP) is 1.74. The number of carbonyl (C=O) groups excluding carboxylic acids is 1. The van der Waals surface area contributed by atoms with Crippen LogP contribution in [0.15, 0.2) is 36.4 Å². The van der Waals surface area contributed by atoms with Crippen LogP contribution in [0.25, 0.3) is 0 Å². The van der Waals surface area contributed by atoms with Crippen LogP contribution < -0.4 is 15.8 Å². The normalized spacial score (nSPS) is 15.9. The Morgan fingerprint density at radius 3 is 2.57 bits per heavy atom. The standard InChI is InChI=1S/C19H24N4O4S/c1-27-15-5-3-4-13(12-15)18(24)16-6-7-17(22-19(16)20)21-14-8-10-23(11-9-14)28(2,25)26/h3-7,12,14H,8-11H2,1-2H3,(H3,20,21,22). The van der Waals surface area contributed by atoms with E-state index in [9.17, 15) is 13.2 Å². The van der Waals surface area contributed by atoms with E-state index in [-0.39, 0.29) is 17.6 Å². The minimum absolute atomic E-state index is 0.102. The second-order valence-corrected chi connectivity index (χ2v) is 8.75. The van der Waals surface area contributed by atoms with Crippen molar-refractivity contribution in [2.24, 2.45) is 0 Å². The Hall–Kier alpha value is -2.65. The molecule has 1 aliphatic heterocycles. The van der Waals surface area contributed by atoms with Gasteiger partial charge in [-0.3, -0.25) is 4.79 Å². The molecule has 150 valence electrons. The van der Waals surface area contributed by atoms with Gasteiger partial charge in [0.15, 0.2) is 5.78 Å². The second-order valence-electron chi connectivity index (χ2n) is 6.77. The van der Waals surface area contributed by atoms with E-state index in [0.29, 0.717) is 48.6 Å². The lowest BCUT2D eigenvalue weighted by Crippen LogP contribution is -2.41. The quantitative estimate of drug-likeness (QED) is 0.705. The van der Waals surface area contributed by atoms with Gasteiger partial charge < -0.3 is 15.8 Å². The first-order valence-corrected chi connectivity index (χ1v) is 10.8. The number of nitrogens with one attached hydrogen (secondary N) is 1. The highest BCUT2D eigenvalue weighted by Gasteiger charge is 2.25. The van der Waals surface area contributed by atoms with Crippen LogP contribution in [-0.2, 0) is 10.0 Å². The molecule has 0 atom stereocenters. The fourth-order valence-corrected chi connectivity index (χ4v) is 4.08. The molecular formula is C19H24N4O4S. The van der Waals surface area contributed by atoms with Gasteiger partial charge in [0.25, 0.3) is 0 Å². The molecule has 2 heterocycles. The van der Waals surface area contributed by atoms with E-state index < -0.39 is 10.0 Å². The van der Waals surface area contributed by atoms with Gasteiger partial charge in [-0.05, 0) is 37.1 Å². The summed E-state index contributed by atoms with van der Waals surface area (Å²) in [7, 11) is -1.61. The highest BCUT2D eigenvalue weighted by molar-refractivity contribution is 7.88.